The Kier molecular flexibility index (Phi) is 12.8. The summed E-state index contributed by atoms with van der Waals surface area (Å²) in [6.07, 6.45) is 10.3. The van der Waals surface area contributed by atoms with Crippen LogP contribution in [0.5, 0.6) is 0 Å². The molecular formula is C19H40O2S. The number of unbranched alkanes of at least 4 members (excludes halogenated alkanes) is 5. The molecule has 0 aromatic rings. The Morgan fingerprint density at radius 1 is 0.818 bits per heavy atom. The molecule has 0 amide bonds. The van der Waals surface area contributed by atoms with Gasteiger partial charge in [0.25, 0.3) is 0 Å². The molecule has 1 atom stereocenters. The first-order valence-corrected chi connectivity index (χ1v) is 10.0. The highest BCUT2D eigenvalue weighted by atomic mass is 32.1. The monoisotopic (exact) mass is 332 g/mol. The van der Waals surface area contributed by atoms with E-state index in [0.717, 1.165) is 18.6 Å². The largest absolute Gasteiger partial charge is 0.347 e. The van der Waals surface area contributed by atoms with Crippen molar-refractivity contribution in [2.24, 2.45) is 5.92 Å². The molecule has 0 rings (SSSR count). The van der Waals surface area contributed by atoms with Crippen molar-refractivity contribution >= 4 is 12.6 Å². The normalized spacial score (nSPS) is 14.0. The Bertz CT molecular complexity index is 244. The van der Waals surface area contributed by atoms with E-state index in [-0.39, 0.29) is 12.2 Å². The Hall–Kier alpha value is 0.270. The van der Waals surface area contributed by atoms with Crippen molar-refractivity contribution in [1.29, 1.82) is 0 Å². The second-order valence-corrected chi connectivity index (χ2v) is 7.30. The first kappa shape index (κ1) is 22.3. The highest BCUT2D eigenvalue weighted by Crippen LogP contribution is 2.35. The number of hydrogen-bond donors (Lipinski definition) is 1. The van der Waals surface area contributed by atoms with Crippen LogP contribution in [-0.4, -0.2) is 23.7 Å². The molecular weight excluding hydrogens is 292 g/mol. The van der Waals surface area contributed by atoms with Crippen molar-refractivity contribution in [2.75, 3.05) is 5.75 Å². The van der Waals surface area contributed by atoms with Crippen LogP contribution in [0.4, 0.5) is 0 Å². The van der Waals surface area contributed by atoms with Crippen LogP contribution in [-0.2, 0) is 9.47 Å². The molecule has 0 radical (unpaired) electrons. The highest BCUT2D eigenvalue weighted by molar-refractivity contribution is 7.80. The fourth-order valence-corrected chi connectivity index (χ4v) is 3.56. The summed E-state index contributed by atoms with van der Waals surface area (Å²) in [5.41, 5.74) is 0. The average Bonchev–Trinajstić information content (AvgIpc) is 2.44. The predicted molar refractivity (Wildman–Crippen MR) is 101 cm³/mol. The smallest absolute Gasteiger partial charge is 0.172 e. The fourth-order valence-electron chi connectivity index (χ4n) is 3.09. The molecule has 3 heteroatoms. The molecule has 0 heterocycles. The minimum Gasteiger partial charge on any atom is -0.347 e. The van der Waals surface area contributed by atoms with Gasteiger partial charge < -0.3 is 9.47 Å². The lowest BCUT2D eigenvalue weighted by Crippen LogP contribution is -2.47. The van der Waals surface area contributed by atoms with Crippen LogP contribution in [0.2, 0.25) is 0 Å². The van der Waals surface area contributed by atoms with Gasteiger partial charge in [0, 0.05) is 5.92 Å². The van der Waals surface area contributed by atoms with Crippen LogP contribution in [0.1, 0.15) is 92.9 Å². The first-order valence-electron chi connectivity index (χ1n) is 9.38. The van der Waals surface area contributed by atoms with E-state index in [1.54, 1.807) is 0 Å². The van der Waals surface area contributed by atoms with E-state index in [0.29, 0.717) is 5.92 Å². The Morgan fingerprint density at radius 2 is 1.32 bits per heavy atom. The summed E-state index contributed by atoms with van der Waals surface area (Å²) in [4.78, 5) is 0. The van der Waals surface area contributed by atoms with Crippen molar-refractivity contribution in [3.8, 4) is 0 Å². The molecule has 2 nitrogen and oxygen atoms in total. The van der Waals surface area contributed by atoms with E-state index in [1.807, 2.05) is 0 Å². The van der Waals surface area contributed by atoms with E-state index < -0.39 is 5.79 Å². The number of ether oxygens (including phenoxy) is 2. The maximum atomic E-state index is 6.28. The molecule has 0 aliphatic rings. The van der Waals surface area contributed by atoms with Crippen molar-refractivity contribution in [2.45, 2.75) is 111 Å². The third-order valence-electron chi connectivity index (χ3n) is 4.11. The molecule has 22 heavy (non-hydrogen) atoms. The van der Waals surface area contributed by atoms with E-state index >= 15 is 0 Å². The summed E-state index contributed by atoms with van der Waals surface area (Å²) in [5.74, 6) is 0.701. The quantitative estimate of drug-likeness (QED) is 0.230. The van der Waals surface area contributed by atoms with Gasteiger partial charge in [0.2, 0.25) is 0 Å². The predicted octanol–water partition coefficient (Wildman–Crippen LogP) is 6.24. The molecule has 0 bridgehead atoms. The van der Waals surface area contributed by atoms with Gasteiger partial charge >= 0.3 is 0 Å². The molecule has 0 aromatic heterocycles. The Balaban J connectivity index is 4.61. The molecule has 0 fully saturated rings. The summed E-state index contributed by atoms with van der Waals surface area (Å²) < 4.78 is 12.6. The van der Waals surface area contributed by atoms with Crippen molar-refractivity contribution in [1.82, 2.24) is 0 Å². The molecule has 1 unspecified atom stereocenters. The topological polar surface area (TPSA) is 18.5 Å². The maximum Gasteiger partial charge on any atom is 0.172 e. The van der Waals surface area contributed by atoms with Crippen LogP contribution >= 0.6 is 12.6 Å². The zero-order valence-electron chi connectivity index (χ0n) is 15.9. The van der Waals surface area contributed by atoms with Crippen LogP contribution in [0, 0.1) is 5.92 Å². The SMILES string of the molecule is CCCCCCCCC(CS)C(CC)(OC(C)C)OC(C)C. The van der Waals surface area contributed by atoms with Gasteiger partial charge in [0.15, 0.2) is 5.79 Å². The lowest BCUT2D eigenvalue weighted by atomic mass is 9.91. The zero-order chi connectivity index (χ0) is 17.0. The van der Waals surface area contributed by atoms with Gasteiger partial charge in [0.1, 0.15) is 0 Å². The molecule has 0 aromatic carbocycles. The van der Waals surface area contributed by atoms with E-state index in [4.69, 9.17) is 9.47 Å². The summed E-state index contributed by atoms with van der Waals surface area (Å²) in [7, 11) is 0. The third kappa shape index (κ3) is 8.79. The second kappa shape index (κ2) is 12.7. The lowest BCUT2D eigenvalue weighted by Gasteiger charge is -2.42. The van der Waals surface area contributed by atoms with Gasteiger partial charge in [0.05, 0.1) is 12.2 Å². The van der Waals surface area contributed by atoms with Crippen molar-refractivity contribution in [3.05, 3.63) is 0 Å². The average molecular weight is 333 g/mol. The van der Waals surface area contributed by atoms with Gasteiger partial charge in [-0.2, -0.15) is 12.6 Å². The molecule has 0 saturated carbocycles. The molecule has 0 aliphatic heterocycles. The van der Waals surface area contributed by atoms with E-state index in [2.05, 4.69) is 54.2 Å². The standard InChI is InChI=1S/C19H40O2S/c1-7-9-10-11-12-13-14-18(15-22)19(8-2,20-16(3)4)21-17(5)6/h16-18,22H,7-15H2,1-6H3. The molecule has 0 spiro atoms. The molecule has 0 N–H and O–H groups in total. The maximum absolute atomic E-state index is 6.28. The molecule has 0 saturated heterocycles. The van der Waals surface area contributed by atoms with Crippen LogP contribution in [0.15, 0.2) is 0 Å². The number of thiol groups is 1. The van der Waals surface area contributed by atoms with Gasteiger partial charge in [-0.3, -0.25) is 0 Å². The van der Waals surface area contributed by atoms with Gasteiger partial charge in [-0.05, 0) is 46.3 Å². The van der Waals surface area contributed by atoms with E-state index in [1.165, 1.54) is 38.5 Å². The summed E-state index contributed by atoms with van der Waals surface area (Å²) >= 11 is 4.61. The highest BCUT2D eigenvalue weighted by Gasteiger charge is 2.40. The van der Waals surface area contributed by atoms with Gasteiger partial charge in [-0.25, -0.2) is 0 Å². The summed E-state index contributed by atoms with van der Waals surface area (Å²) in [6.45, 7) is 12.8. The van der Waals surface area contributed by atoms with Crippen molar-refractivity contribution < 1.29 is 9.47 Å². The van der Waals surface area contributed by atoms with Crippen molar-refractivity contribution in [3.63, 3.8) is 0 Å². The van der Waals surface area contributed by atoms with Crippen LogP contribution in [0.3, 0.4) is 0 Å². The van der Waals surface area contributed by atoms with Crippen LogP contribution in [0.25, 0.3) is 0 Å². The molecule has 134 valence electrons. The minimum absolute atomic E-state index is 0.172. The van der Waals surface area contributed by atoms with Gasteiger partial charge in [-0.15, -0.1) is 0 Å². The minimum atomic E-state index is -0.479. The Morgan fingerprint density at radius 3 is 1.73 bits per heavy atom. The Labute approximate surface area is 145 Å². The fraction of sp³-hybridized carbons (Fsp3) is 1.00. The zero-order valence-corrected chi connectivity index (χ0v) is 16.8. The number of rotatable bonds is 14. The summed E-state index contributed by atoms with van der Waals surface area (Å²) in [6, 6.07) is 0. The number of hydrogen-bond acceptors (Lipinski definition) is 3. The second-order valence-electron chi connectivity index (χ2n) is 6.93. The summed E-state index contributed by atoms with van der Waals surface area (Å²) in [5, 5.41) is 0. The van der Waals surface area contributed by atoms with Gasteiger partial charge in [-0.1, -0.05) is 52.4 Å². The van der Waals surface area contributed by atoms with Crippen LogP contribution < -0.4 is 0 Å². The third-order valence-corrected chi connectivity index (χ3v) is 4.55. The first-order chi connectivity index (χ1) is 10.4. The molecule has 0 aliphatic carbocycles. The lowest BCUT2D eigenvalue weighted by molar-refractivity contribution is -0.294. The van der Waals surface area contributed by atoms with E-state index in [9.17, 15) is 0 Å².